The number of hydrogen-bond acceptors (Lipinski definition) is 4. The number of amides is 2. The van der Waals surface area contributed by atoms with E-state index < -0.39 is 17.7 Å². The molecule has 2 saturated heterocycles. The monoisotopic (exact) mass is 480 g/mol. The zero-order valence-corrected chi connectivity index (χ0v) is 18.9. The third-order valence-electron chi connectivity index (χ3n) is 6.18. The van der Waals surface area contributed by atoms with E-state index in [0.29, 0.717) is 32.7 Å². The predicted molar refractivity (Wildman–Crippen MR) is 119 cm³/mol. The minimum absolute atomic E-state index is 0.0615. The Morgan fingerprint density at radius 2 is 1.88 bits per heavy atom. The highest BCUT2D eigenvalue weighted by molar-refractivity contribution is 6.33. The first kappa shape index (κ1) is 23.4. The van der Waals surface area contributed by atoms with Crippen molar-refractivity contribution in [2.24, 2.45) is 5.92 Å². The Hall–Kier alpha value is -2.81. The van der Waals surface area contributed by atoms with E-state index in [1.54, 1.807) is 14.7 Å². The second-order valence-corrected chi connectivity index (χ2v) is 8.63. The topological polar surface area (TPSA) is 56.8 Å². The first-order valence-electron chi connectivity index (χ1n) is 10.8. The maximum absolute atomic E-state index is 13.1. The molecule has 1 unspecified atom stereocenters. The zero-order chi connectivity index (χ0) is 23.8. The fourth-order valence-electron chi connectivity index (χ4n) is 4.39. The largest absolute Gasteiger partial charge is 0.417 e. The number of para-hydroxylation sites is 1. The first-order chi connectivity index (χ1) is 15.7. The van der Waals surface area contributed by atoms with Crippen LogP contribution in [0, 0.1) is 5.92 Å². The molecular formula is C23H24ClF3N4O2. The van der Waals surface area contributed by atoms with Crippen LogP contribution >= 0.6 is 11.6 Å². The highest BCUT2D eigenvalue weighted by atomic mass is 35.5. The summed E-state index contributed by atoms with van der Waals surface area (Å²) in [6.45, 7) is 3.93. The maximum atomic E-state index is 13.1. The summed E-state index contributed by atoms with van der Waals surface area (Å²) in [5.41, 5.74) is 1.02. The van der Waals surface area contributed by atoms with Gasteiger partial charge in [-0.25, -0.2) is 4.98 Å². The average molecular weight is 481 g/mol. The minimum Gasteiger partial charge on any atom is -0.352 e. The fraction of sp³-hybridized carbons (Fsp3) is 0.435. The molecule has 1 atom stereocenters. The highest BCUT2D eigenvalue weighted by Crippen LogP contribution is 2.34. The molecule has 4 rings (SSSR count). The van der Waals surface area contributed by atoms with Gasteiger partial charge >= 0.3 is 6.18 Å². The molecule has 0 N–H and O–H groups in total. The van der Waals surface area contributed by atoms with Crippen molar-refractivity contribution >= 4 is 34.9 Å². The van der Waals surface area contributed by atoms with Gasteiger partial charge < -0.3 is 14.7 Å². The fourth-order valence-corrected chi connectivity index (χ4v) is 4.68. The number of aryl methyl sites for hydroxylation is 1. The van der Waals surface area contributed by atoms with Crippen molar-refractivity contribution < 1.29 is 22.8 Å². The molecule has 2 fully saturated rings. The van der Waals surface area contributed by atoms with Crippen LogP contribution in [0.5, 0.6) is 0 Å². The summed E-state index contributed by atoms with van der Waals surface area (Å²) in [5.74, 6) is -0.281. The van der Waals surface area contributed by atoms with E-state index in [1.807, 2.05) is 31.2 Å². The quantitative estimate of drug-likeness (QED) is 0.663. The van der Waals surface area contributed by atoms with E-state index in [-0.39, 0.29) is 29.1 Å². The Labute approximate surface area is 194 Å². The maximum Gasteiger partial charge on any atom is 0.417 e. The lowest BCUT2D eigenvalue weighted by Crippen LogP contribution is -2.51. The van der Waals surface area contributed by atoms with Crippen molar-refractivity contribution in [3.8, 4) is 0 Å². The number of hydrogen-bond donors (Lipinski definition) is 0. The molecule has 0 aliphatic carbocycles. The van der Waals surface area contributed by atoms with Gasteiger partial charge in [-0.05, 0) is 24.1 Å². The lowest BCUT2D eigenvalue weighted by Gasteiger charge is -2.36. The zero-order valence-electron chi connectivity index (χ0n) is 18.1. The van der Waals surface area contributed by atoms with Gasteiger partial charge in [0.15, 0.2) is 0 Å². The summed E-state index contributed by atoms with van der Waals surface area (Å²) >= 11 is 6.06. The Balaban J connectivity index is 1.39. The second kappa shape index (κ2) is 9.21. The van der Waals surface area contributed by atoms with E-state index in [9.17, 15) is 22.8 Å². The van der Waals surface area contributed by atoms with Crippen LogP contribution in [-0.2, 0) is 22.2 Å². The minimum atomic E-state index is -4.51. The average Bonchev–Trinajstić information content (AvgIpc) is 3.19. The molecule has 0 radical (unpaired) electrons. The number of carbonyl (C=O) groups is 2. The van der Waals surface area contributed by atoms with Gasteiger partial charge in [-0.15, -0.1) is 0 Å². The van der Waals surface area contributed by atoms with Gasteiger partial charge in [-0.1, -0.05) is 36.7 Å². The number of alkyl halides is 3. The molecule has 2 aliphatic heterocycles. The molecule has 10 heteroatoms. The first-order valence-corrected chi connectivity index (χ1v) is 11.2. The third-order valence-corrected chi connectivity index (χ3v) is 6.46. The highest BCUT2D eigenvalue weighted by Gasteiger charge is 2.39. The van der Waals surface area contributed by atoms with Crippen LogP contribution in [-0.4, -0.2) is 54.4 Å². The van der Waals surface area contributed by atoms with Crippen molar-refractivity contribution in [3.63, 3.8) is 0 Å². The van der Waals surface area contributed by atoms with Crippen molar-refractivity contribution in [1.29, 1.82) is 0 Å². The van der Waals surface area contributed by atoms with Crippen LogP contribution in [0.3, 0.4) is 0 Å². The molecule has 0 bridgehead atoms. The molecule has 1 aromatic heterocycles. The Kier molecular flexibility index (Phi) is 6.52. The van der Waals surface area contributed by atoms with Gasteiger partial charge in [-0.3, -0.25) is 9.59 Å². The molecule has 2 aliphatic rings. The summed E-state index contributed by atoms with van der Waals surface area (Å²) in [5, 5.41) is -0.0729. The summed E-state index contributed by atoms with van der Waals surface area (Å²) < 4.78 is 38.6. The van der Waals surface area contributed by atoms with E-state index in [0.717, 1.165) is 29.9 Å². The van der Waals surface area contributed by atoms with Gasteiger partial charge in [0, 0.05) is 51.0 Å². The van der Waals surface area contributed by atoms with Gasteiger partial charge in [-0.2, -0.15) is 13.2 Å². The van der Waals surface area contributed by atoms with E-state index >= 15 is 0 Å². The number of carbonyl (C=O) groups excluding carboxylic acids is 2. The van der Waals surface area contributed by atoms with Crippen molar-refractivity contribution in [2.45, 2.75) is 25.9 Å². The summed E-state index contributed by atoms with van der Waals surface area (Å²) in [6, 6.07) is 8.58. The van der Waals surface area contributed by atoms with E-state index in [4.69, 9.17) is 11.6 Å². The normalized spacial score (nSPS) is 19.4. The molecule has 2 amide bonds. The van der Waals surface area contributed by atoms with Crippen LogP contribution < -0.4 is 9.80 Å². The number of rotatable bonds is 4. The van der Waals surface area contributed by atoms with Crippen molar-refractivity contribution in [1.82, 2.24) is 9.88 Å². The van der Waals surface area contributed by atoms with Crippen molar-refractivity contribution in [3.05, 3.63) is 52.7 Å². The molecule has 1 aromatic carbocycles. The van der Waals surface area contributed by atoms with Crippen LogP contribution in [0.1, 0.15) is 24.5 Å². The van der Waals surface area contributed by atoms with Gasteiger partial charge in [0.2, 0.25) is 11.8 Å². The molecule has 0 spiro atoms. The number of pyridine rings is 1. The Morgan fingerprint density at radius 1 is 1.18 bits per heavy atom. The lowest BCUT2D eigenvalue weighted by molar-refractivity contribution is -0.138. The number of nitrogens with zero attached hydrogens (tertiary/aromatic N) is 4. The molecule has 0 saturated carbocycles. The molecule has 2 aromatic rings. The smallest absolute Gasteiger partial charge is 0.352 e. The lowest BCUT2D eigenvalue weighted by atomic mass is 10.1. The van der Waals surface area contributed by atoms with Crippen LogP contribution in [0.25, 0.3) is 0 Å². The third kappa shape index (κ3) is 4.78. The number of anilines is 2. The molecule has 176 valence electrons. The number of benzene rings is 1. The number of halogens is 4. The predicted octanol–water partition coefficient (Wildman–Crippen LogP) is 4.02. The van der Waals surface area contributed by atoms with Crippen LogP contribution in [0.15, 0.2) is 36.5 Å². The molecule has 33 heavy (non-hydrogen) atoms. The standard InChI is InChI=1S/C23H24ClF3N4O2/c1-2-15-5-3-4-6-19(15)31-14-16(11-20(31)32)22(33)30-9-7-29(8-10-30)21-18(24)12-17(13-28-21)23(25,26)27/h3-6,12-13,16H,2,7-11,14H2,1H3. The van der Waals surface area contributed by atoms with Crippen LogP contribution in [0.2, 0.25) is 5.02 Å². The van der Waals surface area contributed by atoms with Gasteiger partial charge in [0.1, 0.15) is 5.82 Å². The van der Waals surface area contributed by atoms with Gasteiger partial charge in [0.25, 0.3) is 0 Å². The summed E-state index contributed by atoms with van der Waals surface area (Å²) in [6.07, 6.45) is -2.78. The molecule has 3 heterocycles. The van der Waals surface area contributed by atoms with Crippen LogP contribution in [0.4, 0.5) is 24.7 Å². The van der Waals surface area contributed by atoms with Crippen molar-refractivity contribution in [2.75, 3.05) is 42.5 Å². The molecule has 6 nitrogen and oxygen atoms in total. The summed E-state index contributed by atoms with van der Waals surface area (Å²) in [7, 11) is 0. The molecular weight excluding hydrogens is 457 g/mol. The Morgan fingerprint density at radius 3 is 2.52 bits per heavy atom. The van der Waals surface area contributed by atoms with Gasteiger partial charge in [0.05, 0.1) is 16.5 Å². The number of aromatic nitrogens is 1. The summed E-state index contributed by atoms with van der Waals surface area (Å²) in [4.78, 5) is 34.8. The van der Waals surface area contributed by atoms with E-state index in [2.05, 4.69) is 4.98 Å². The second-order valence-electron chi connectivity index (χ2n) is 8.23. The number of piperazine rings is 1. The Bertz CT molecular complexity index is 1050. The van der Waals surface area contributed by atoms with E-state index in [1.165, 1.54) is 0 Å². The SMILES string of the molecule is CCc1ccccc1N1CC(C(=O)N2CCN(c3ncc(C(F)(F)F)cc3Cl)CC2)CC1=O.